The Labute approximate surface area is 128 Å². The molecule has 1 N–H and O–H groups in total. The Morgan fingerprint density at radius 1 is 1.00 bits per heavy atom. The van der Waals surface area contributed by atoms with Crippen molar-refractivity contribution in [2.24, 2.45) is 5.41 Å². The largest absolute Gasteiger partial charge is 0.493 e. The molecule has 0 aliphatic carbocycles. The van der Waals surface area contributed by atoms with Crippen LogP contribution in [0.2, 0.25) is 0 Å². The van der Waals surface area contributed by atoms with E-state index in [1.165, 1.54) is 0 Å². The van der Waals surface area contributed by atoms with Crippen molar-refractivity contribution in [1.29, 1.82) is 0 Å². The van der Waals surface area contributed by atoms with Crippen LogP contribution in [0.25, 0.3) is 0 Å². The van der Waals surface area contributed by atoms with E-state index in [0.717, 1.165) is 25.1 Å². The van der Waals surface area contributed by atoms with Gasteiger partial charge in [0, 0.05) is 6.54 Å². The maximum Gasteiger partial charge on any atom is 0.203 e. The first-order valence-corrected chi connectivity index (χ1v) is 7.43. The van der Waals surface area contributed by atoms with Gasteiger partial charge in [-0.05, 0) is 43.0 Å². The number of hydrogen-bond donors (Lipinski definition) is 1. The Hall–Kier alpha value is -1.42. The number of aryl methyl sites for hydroxylation is 1. The summed E-state index contributed by atoms with van der Waals surface area (Å²) in [6, 6.07) is 3.90. The lowest BCUT2D eigenvalue weighted by Crippen LogP contribution is -2.25. The SMILES string of the molecule is COc1cc(C)cc(OC)c1OCCNCCC(C)(C)C. The molecule has 0 amide bonds. The Balaban J connectivity index is 2.48. The molecule has 0 heterocycles. The van der Waals surface area contributed by atoms with E-state index in [2.05, 4.69) is 26.1 Å². The lowest BCUT2D eigenvalue weighted by Gasteiger charge is -2.18. The number of hydrogen-bond acceptors (Lipinski definition) is 4. The predicted octanol–water partition coefficient (Wildman–Crippen LogP) is 3.42. The van der Waals surface area contributed by atoms with E-state index in [1.807, 2.05) is 19.1 Å². The molecule has 0 bridgehead atoms. The lowest BCUT2D eigenvalue weighted by atomic mass is 9.92. The Morgan fingerprint density at radius 2 is 1.57 bits per heavy atom. The van der Waals surface area contributed by atoms with Gasteiger partial charge < -0.3 is 19.5 Å². The maximum atomic E-state index is 5.82. The van der Waals surface area contributed by atoms with Gasteiger partial charge in [0.05, 0.1) is 14.2 Å². The van der Waals surface area contributed by atoms with E-state index in [4.69, 9.17) is 14.2 Å². The van der Waals surface area contributed by atoms with Crippen LogP contribution in [0.1, 0.15) is 32.8 Å². The molecule has 0 fully saturated rings. The minimum Gasteiger partial charge on any atom is -0.493 e. The summed E-state index contributed by atoms with van der Waals surface area (Å²) in [6.45, 7) is 11.1. The molecular formula is C17H29NO3. The molecule has 0 atom stereocenters. The van der Waals surface area contributed by atoms with E-state index in [1.54, 1.807) is 14.2 Å². The van der Waals surface area contributed by atoms with Crippen molar-refractivity contribution < 1.29 is 14.2 Å². The first-order chi connectivity index (χ1) is 9.87. The van der Waals surface area contributed by atoms with Crippen molar-refractivity contribution in [2.75, 3.05) is 33.9 Å². The average molecular weight is 295 g/mol. The topological polar surface area (TPSA) is 39.7 Å². The molecule has 0 aromatic heterocycles. The van der Waals surface area contributed by atoms with Crippen LogP contribution in [0.5, 0.6) is 17.2 Å². The average Bonchev–Trinajstić information content (AvgIpc) is 2.41. The monoisotopic (exact) mass is 295 g/mol. The number of methoxy groups -OCH3 is 2. The zero-order valence-corrected chi connectivity index (χ0v) is 14.2. The summed E-state index contributed by atoms with van der Waals surface area (Å²) < 4.78 is 16.6. The van der Waals surface area contributed by atoms with Gasteiger partial charge >= 0.3 is 0 Å². The Bertz CT molecular complexity index is 413. The van der Waals surface area contributed by atoms with E-state index < -0.39 is 0 Å². The molecule has 4 nitrogen and oxygen atoms in total. The van der Waals surface area contributed by atoms with Crippen LogP contribution in [0, 0.1) is 12.3 Å². The lowest BCUT2D eigenvalue weighted by molar-refractivity contribution is 0.270. The number of ether oxygens (including phenoxy) is 3. The van der Waals surface area contributed by atoms with Crippen LogP contribution in [0.15, 0.2) is 12.1 Å². The van der Waals surface area contributed by atoms with Crippen molar-refractivity contribution in [3.05, 3.63) is 17.7 Å². The van der Waals surface area contributed by atoms with Gasteiger partial charge in [0.2, 0.25) is 5.75 Å². The molecule has 1 aromatic rings. The van der Waals surface area contributed by atoms with Crippen LogP contribution in [0.4, 0.5) is 0 Å². The van der Waals surface area contributed by atoms with Crippen LogP contribution < -0.4 is 19.5 Å². The summed E-state index contributed by atoms with van der Waals surface area (Å²) in [5.41, 5.74) is 1.44. The second-order valence-electron chi connectivity index (χ2n) is 6.41. The van der Waals surface area contributed by atoms with Crippen molar-refractivity contribution in [2.45, 2.75) is 34.1 Å². The van der Waals surface area contributed by atoms with Gasteiger partial charge in [-0.3, -0.25) is 0 Å². The third-order valence-electron chi connectivity index (χ3n) is 3.18. The third kappa shape index (κ3) is 6.25. The smallest absolute Gasteiger partial charge is 0.203 e. The Kier molecular flexibility index (Phi) is 6.82. The van der Waals surface area contributed by atoms with Gasteiger partial charge in [0.1, 0.15) is 6.61 Å². The quantitative estimate of drug-likeness (QED) is 0.746. The predicted molar refractivity (Wildman–Crippen MR) is 86.7 cm³/mol. The fourth-order valence-corrected chi connectivity index (χ4v) is 1.97. The summed E-state index contributed by atoms with van der Waals surface area (Å²) in [5, 5.41) is 3.39. The van der Waals surface area contributed by atoms with E-state index in [9.17, 15) is 0 Å². The summed E-state index contributed by atoms with van der Waals surface area (Å²) in [5.74, 6) is 2.09. The molecular weight excluding hydrogens is 266 g/mol. The first-order valence-electron chi connectivity index (χ1n) is 7.43. The molecule has 0 aliphatic rings. The molecule has 0 radical (unpaired) electrons. The van der Waals surface area contributed by atoms with Crippen molar-refractivity contribution in [3.8, 4) is 17.2 Å². The molecule has 1 aromatic carbocycles. The molecule has 0 unspecified atom stereocenters. The van der Waals surface area contributed by atoms with Gasteiger partial charge in [0.15, 0.2) is 11.5 Å². The van der Waals surface area contributed by atoms with Gasteiger partial charge in [-0.15, -0.1) is 0 Å². The Morgan fingerprint density at radius 3 is 2.05 bits per heavy atom. The second kappa shape index (κ2) is 8.13. The number of nitrogens with one attached hydrogen (secondary N) is 1. The minimum atomic E-state index is 0.358. The van der Waals surface area contributed by atoms with Crippen LogP contribution in [0.3, 0.4) is 0 Å². The summed E-state index contributed by atoms with van der Waals surface area (Å²) in [4.78, 5) is 0. The van der Waals surface area contributed by atoms with E-state index in [-0.39, 0.29) is 0 Å². The van der Waals surface area contributed by atoms with Crippen LogP contribution >= 0.6 is 0 Å². The van der Waals surface area contributed by atoms with E-state index in [0.29, 0.717) is 29.3 Å². The molecule has 1 rings (SSSR count). The molecule has 21 heavy (non-hydrogen) atoms. The molecule has 4 heteroatoms. The molecule has 120 valence electrons. The van der Waals surface area contributed by atoms with Crippen LogP contribution in [-0.2, 0) is 0 Å². The fraction of sp³-hybridized carbons (Fsp3) is 0.647. The number of benzene rings is 1. The van der Waals surface area contributed by atoms with Gasteiger partial charge in [-0.2, -0.15) is 0 Å². The number of rotatable bonds is 8. The van der Waals surface area contributed by atoms with Gasteiger partial charge in [0.25, 0.3) is 0 Å². The molecule has 0 saturated carbocycles. The molecule has 0 saturated heterocycles. The highest BCUT2D eigenvalue weighted by atomic mass is 16.5. The maximum absolute atomic E-state index is 5.82. The second-order valence-corrected chi connectivity index (χ2v) is 6.41. The van der Waals surface area contributed by atoms with Crippen molar-refractivity contribution in [1.82, 2.24) is 5.32 Å². The molecule has 0 spiro atoms. The van der Waals surface area contributed by atoms with Gasteiger partial charge in [-0.1, -0.05) is 20.8 Å². The summed E-state index contributed by atoms with van der Waals surface area (Å²) >= 11 is 0. The first kappa shape index (κ1) is 17.6. The summed E-state index contributed by atoms with van der Waals surface area (Å²) in [7, 11) is 3.28. The zero-order valence-electron chi connectivity index (χ0n) is 14.2. The fourth-order valence-electron chi connectivity index (χ4n) is 1.97. The van der Waals surface area contributed by atoms with E-state index >= 15 is 0 Å². The third-order valence-corrected chi connectivity index (χ3v) is 3.18. The van der Waals surface area contributed by atoms with Crippen molar-refractivity contribution >= 4 is 0 Å². The highest BCUT2D eigenvalue weighted by Crippen LogP contribution is 2.38. The van der Waals surface area contributed by atoms with Crippen LogP contribution in [-0.4, -0.2) is 33.9 Å². The molecule has 0 aliphatic heterocycles. The standard InChI is InChI=1S/C17H29NO3/c1-13-11-14(19-5)16(15(12-13)20-6)21-10-9-18-8-7-17(2,3)4/h11-12,18H,7-10H2,1-6H3. The van der Waals surface area contributed by atoms with Crippen molar-refractivity contribution in [3.63, 3.8) is 0 Å². The highest BCUT2D eigenvalue weighted by Gasteiger charge is 2.13. The normalized spacial score (nSPS) is 11.3. The van der Waals surface area contributed by atoms with Gasteiger partial charge in [-0.25, -0.2) is 0 Å². The highest BCUT2D eigenvalue weighted by molar-refractivity contribution is 5.53. The zero-order chi connectivity index (χ0) is 15.9. The summed E-state index contributed by atoms with van der Waals surface area (Å²) in [6.07, 6.45) is 1.14. The minimum absolute atomic E-state index is 0.358.